The van der Waals surface area contributed by atoms with Crippen molar-refractivity contribution in [2.45, 2.75) is 33.2 Å². The van der Waals surface area contributed by atoms with Crippen LogP contribution in [0.2, 0.25) is 0 Å². The minimum Gasteiger partial charge on any atom is -0.409 e. The Kier molecular flexibility index (Phi) is 4.57. The van der Waals surface area contributed by atoms with Crippen LogP contribution in [0.25, 0.3) is 0 Å². The van der Waals surface area contributed by atoms with Crippen LogP contribution in [0.3, 0.4) is 0 Å². The molecule has 6 heteroatoms. The minimum atomic E-state index is -0.421. The van der Waals surface area contributed by atoms with E-state index in [1.165, 1.54) is 12.1 Å². The molecule has 0 amide bonds. The summed E-state index contributed by atoms with van der Waals surface area (Å²) in [5, 5.41) is 16.1. The number of aryl methyl sites for hydroxylation is 2. The molecule has 0 spiro atoms. The maximum absolute atomic E-state index is 13.7. The second-order valence-electron chi connectivity index (χ2n) is 4.83. The fourth-order valence-electron chi connectivity index (χ4n) is 2.23. The zero-order valence-electron chi connectivity index (χ0n) is 12.2. The van der Waals surface area contributed by atoms with Gasteiger partial charge in [0.25, 0.3) is 0 Å². The summed E-state index contributed by atoms with van der Waals surface area (Å²) in [4.78, 5) is 0. The number of rotatable bonds is 5. The molecule has 2 rings (SSSR count). The molecule has 1 heterocycles. The monoisotopic (exact) mass is 290 g/mol. The third-order valence-electron chi connectivity index (χ3n) is 3.33. The molecule has 112 valence electrons. The van der Waals surface area contributed by atoms with Gasteiger partial charge in [-0.15, -0.1) is 0 Å². The molecule has 0 radical (unpaired) electrons. The van der Waals surface area contributed by atoms with Gasteiger partial charge in [0.15, 0.2) is 5.84 Å². The number of halogens is 1. The summed E-state index contributed by atoms with van der Waals surface area (Å²) in [7, 11) is 0. The van der Waals surface area contributed by atoms with Gasteiger partial charge in [-0.2, -0.15) is 5.10 Å². The first kappa shape index (κ1) is 15.0. The third kappa shape index (κ3) is 3.39. The first-order valence-electron chi connectivity index (χ1n) is 6.90. The molecule has 0 aliphatic carbocycles. The van der Waals surface area contributed by atoms with Crippen molar-refractivity contribution < 1.29 is 9.60 Å². The predicted molar refractivity (Wildman–Crippen MR) is 79.0 cm³/mol. The van der Waals surface area contributed by atoms with Gasteiger partial charge in [0.05, 0.1) is 12.2 Å². The van der Waals surface area contributed by atoms with Gasteiger partial charge in [0.1, 0.15) is 5.82 Å². The van der Waals surface area contributed by atoms with E-state index in [1.54, 1.807) is 6.07 Å². The average Bonchev–Trinajstić information content (AvgIpc) is 2.87. The molecule has 2 aromatic rings. The van der Waals surface area contributed by atoms with E-state index in [-0.39, 0.29) is 5.84 Å². The lowest BCUT2D eigenvalue weighted by molar-refractivity contribution is 0.318. The van der Waals surface area contributed by atoms with E-state index in [4.69, 9.17) is 10.9 Å². The summed E-state index contributed by atoms with van der Waals surface area (Å²) in [6.45, 7) is 4.55. The summed E-state index contributed by atoms with van der Waals surface area (Å²) in [6.07, 6.45) is 1.72. The molecule has 0 atom stereocenters. The highest BCUT2D eigenvalue weighted by atomic mass is 19.1. The fraction of sp³-hybridized carbons (Fsp3) is 0.333. The van der Waals surface area contributed by atoms with Gasteiger partial charge in [0, 0.05) is 11.3 Å². The summed E-state index contributed by atoms with van der Waals surface area (Å²) < 4.78 is 15.5. The molecule has 1 aromatic heterocycles. The SMILES string of the molecule is CCc1cc(CC)n(Cc2cc(F)cc(/C(N)=N/O)c2)n1. The predicted octanol–water partition coefficient (Wildman–Crippen LogP) is 2.29. The topological polar surface area (TPSA) is 76.4 Å². The molecule has 3 N–H and O–H groups in total. The van der Waals surface area contributed by atoms with Crippen molar-refractivity contribution >= 4 is 5.84 Å². The lowest BCUT2D eigenvalue weighted by atomic mass is 10.1. The van der Waals surface area contributed by atoms with Gasteiger partial charge in [-0.25, -0.2) is 4.39 Å². The molecule has 0 unspecified atom stereocenters. The maximum Gasteiger partial charge on any atom is 0.170 e. The highest BCUT2D eigenvalue weighted by molar-refractivity contribution is 5.97. The van der Waals surface area contributed by atoms with Crippen LogP contribution >= 0.6 is 0 Å². The lowest BCUT2D eigenvalue weighted by Crippen LogP contribution is -2.14. The van der Waals surface area contributed by atoms with Gasteiger partial charge in [0.2, 0.25) is 0 Å². The molecule has 0 aliphatic heterocycles. The zero-order valence-corrected chi connectivity index (χ0v) is 12.2. The largest absolute Gasteiger partial charge is 0.409 e. The number of nitrogens with two attached hydrogens (primary N) is 1. The summed E-state index contributed by atoms with van der Waals surface area (Å²) in [6, 6.07) is 6.43. The van der Waals surface area contributed by atoms with Gasteiger partial charge in [-0.1, -0.05) is 19.0 Å². The number of amidine groups is 1. The Balaban J connectivity index is 2.35. The standard InChI is InChI=1S/C15H19FN4O/c1-3-13-8-14(4-2)20(18-13)9-10-5-11(15(17)19-21)7-12(16)6-10/h5-8,21H,3-4,9H2,1-2H3,(H2,17,19). The van der Waals surface area contributed by atoms with Crippen LogP contribution < -0.4 is 5.73 Å². The number of hydrogen-bond acceptors (Lipinski definition) is 3. The quantitative estimate of drug-likeness (QED) is 0.384. The molecule has 0 saturated heterocycles. The third-order valence-corrected chi connectivity index (χ3v) is 3.33. The Labute approximate surface area is 122 Å². The molecule has 0 saturated carbocycles. The fourth-order valence-corrected chi connectivity index (χ4v) is 2.23. The van der Waals surface area contributed by atoms with Gasteiger partial charge in [-0.3, -0.25) is 4.68 Å². The smallest absolute Gasteiger partial charge is 0.170 e. The van der Waals surface area contributed by atoms with Crippen molar-refractivity contribution in [2.24, 2.45) is 10.9 Å². The van der Waals surface area contributed by atoms with E-state index in [0.717, 1.165) is 29.8 Å². The highest BCUT2D eigenvalue weighted by Gasteiger charge is 2.09. The Morgan fingerprint density at radius 2 is 2.05 bits per heavy atom. The molecule has 0 fully saturated rings. The molecular weight excluding hydrogens is 271 g/mol. The van der Waals surface area contributed by atoms with Crippen LogP contribution in [0.5, 0.6) is 0 Å². The number of hydrogen-bond donors (Lipinski definition) is 2. The normalized spacial score (nSPS) is 11.9. The van der Waals surface area contributed by atoms with Crippen LogP contribution in [0.4, 0.5) is 4.39 Å². The van der Waals surface area contributed by atoms with Gasteiger partial charge in [-0.05, 0) is 42.7 Å². The van der Waals surface area contributed by atoms with Crippen molar-refractivity contribution in [3.63, 3.8) is 0 Å². The van der Waals surface area contributed by atoms with Gasteiger partial charge >= 0.3 is 0 Å². The van der Waals surface area contributed by atoms with Crippen LogP contribution in [-0.2, 0) is 19.4 Å². The Morgan fingerprint density at radius 3 is 2.67 bits per heavy atom. The molecule has 0 bridgehead atoms. The van der Waals surface area contributed by atoms with Crippen molar-refractivity contribution in [1.82, 2.24) is 9.78 Å². The maximum atomic E-state index is 13.7. The van der Waals surface area contributed by atoms with E-state index in [9.17, 15) is 4.39 Å². The van der Waals surface area contributed by atoms with E-state index >= 15 is 0 Å². The molecular formula is C15H19FN4O. The van der Waals surface area contributed by atoms with Crippen molar-refractivity contribution in [3.8, 4) is 0 Å². The second-order valence-corrected chi connectivity index (χ2v) is 4.83. The number of benzene rings is 1. The number of aromatic nitrogens is 2. The van der Waals surface area contributed by atoms with Crippen LogP contribution in [-0.4, -0.2) is 20.8 Å². The molecule has 5 nitrogen and oxygen atoms in total. The van der Waals surface area contributed by atoms with E-state index < -0.39 is 5.82 Å². The number of oxime groups is 1. The Bertz CT molecular complexity index is 664. The molecule has 1 aromatic carbocycles. The van der Waals surface area contributed by atoms with Crippen molar-refractivity contribution in [2.75, 3.05) is 0 Å². The summed E-state index contributed by atoms with van der Waals surface area (Å²) in [5.41, 5.74) is 8.70. The second kappa shape index (κ2) is 6.39. The van der Waals surface area contributed by atoms with Crippen molar-refractivity contribution in [3.05, 3.63) is 52.6 Å². The Hall–Kier alpha value is -2.37. The molecule has 0 aliphatic rings. The lowest BCUT2D eigenvalue weighted by Gasteiger charge is -2.08. The van der Waals surface area contributed by atoms with Crippen LogP contribution in [0, 0.1) is 5.82 Å². The first-order chi connectivity index (χ1) is 10.1. The molecule has 21 heavy (non-hydrogen) atoms. The van der Waals surface area contributed by atoms with E-state index in [0.29, 0.717) is 12.1 Å². The van der Waals surface area contributed by atoms with Crippen LogP contribution in [0.1, 0.15) is 36.4 Å². The minimum absolute atomic E-state index is 0.110. The summed E-state index contributed by atoms with van der Waals surface area (Å²) >= 11 is 0. The first-order valence-corrected chi connectivity index (χ1v) is 6.90. The van der Waals surface area contributed by atoms with Crippen molar-refractivity contribution in [1.29, 1.82) is 0 Å². The van der Waals surface area contributed by atoms with E-state index in [2.05, 4.69) is 23.2 Å². The van der Waals surface area contributed by atoms with E-state index in [1.807, 2.05) is 11.6 Å². The zero-order chi connectivity index (χ0) is 15.4. The van der Waals surface area contributed by atoms with Gasteiger partial charge < -0.3 is 10.9 Å². The highest BCUT2D eigenvalue weighted by Crippen LogP contribution is 2.13. The average molecular weight is 290 g/mol. The Morgan fingerprint density at radius 1 is 1.29 bits per heavy atom. The number of nitrogens with zero attached hydrogens (tertiary/aromatic N) is 3. The van der Waals surface area contributed by atoms with Crippen LogP contribution in [0.15, 0.2) is 29.4 Å². The summed E-state index contributed by atoms with van der Waals surface area (Å²) in [5.74, 6) is -0.531.